The third-order valence-electron chi connectivity index (χ3n) is 3.32. The maximum atomic E-state index is 12.4. The van der Waals surface area contributed by atoms with E-state index in [-0.39, 0.29) is 5.91 Å². The Morgan fingerprint density at radius 1 is 1.41 bits per heavy atom. The topological polar surface area (TPSA) is 42.7 Å². The fourth-order valence-corrected chi connectivity index (χ4v) is 3.55. The summed E-state index contributed by atoms with van der Waals surface area (Å²) in [5, 5.41) is 1.02. The van der Waals surface area contributed by atoms with E-state index in [0.29, 0.717) is 28.1 Å². The van der Waals surface area contributed by atoms with Gasteiger partial charge in [0.05, 0.1) is 4.91 Å². The molecule has 0 aliphatic carbocycles. The SMILES string of the molecule is COCCCN1C(=O)/C(=C/c2cc3ccccc3o2)SC1=S. The summed E-state index contributed by atoms with van der Waals surface area (Å²) in [4.78, 5) is 14.6. The number of carbonyl (C=O) groups excluding carboxylic acids is 1. The van der Waals surface area contributed by atoms with Crippen molar-refractivity contribution in [3.8, 4) is 0 Å². The van der Waals surface area contributed by atoms with Crippen molar-refractivity contribution in [1.29, 1.82) is 0 Å². The summed E-state index contributed by atoms with van der Waals surface area (Å²) in [6.07, 6.45) is 2.52. The highest BCUT2D eigenvalue weighted by Crippen LogP contribution is 2.33. The van der Waals surface area contributed by atoms with Crippen LogP contribution in [0.4, 0.5) is 0 Å². The van der Waals surface area contributed by atoms with Crippen LogP contribution in [-0.2, 0) is 9.53 Å². The number of hydrogen-bond donors (Lipinski definition) is 0. The van der Waals surface area contributed by atoms with E-state index in [4.69, 9.17) is 21.4 Å². The Labute approximate surface area is 138 Å². The van der Waals surface area contributed by atoms with Gasteiger partial charge >= 0.3 is 0 Å². The Morgan fingerprint density at radius 2 is 2.23 bits per heavy atom. The van der Waals surface area contributed by atoms with Gasteiger partial charge in [0, 0.05) is 31.7 Å². The molecule has 1 aromatic carbocycles. The minimum atomic E-state index is -0.0634. The second-order valence-corrected chi connectivity index (χ2v) is 6.54. The lowest BCUT2D eigenvalue weighted by atomic mass is 10.2. The van der Waals surface area contributed by atoms with Crippen LogP contribution in [0.3, 0.4) is 0 Å². The molecule has 1 amide bonds. The number of amides is 1. The van der Waals surface area contributed by atoms with E-state index in [1.165, 1.54) is 11.8 Å². The van der Waals surface area contributed by atoms with Crippen molar-refractivity contribution >= 4 is 51.3 Å². The molecule has 114 valence electrons. The van der Waals surface area contributed by atoms with Crippen molar-refractivity contribution in [3.05, 3.63) is 41.0 Å². The monoisotopic (exact) mass is 333 g/mol. The van der Waals surface area contributed by atoms with Crippen LogP contribution in [0.15, 0.2) is 39.7 Å². The number of nitrogens with zero attached hydrogens (tertiary/aromatic N) is 1. The number of para-hydroxylation sites is 1. The quantitative estimate of drug-likeness (QED) is 0.474. The predicted molar refractivity (Wildman–Crippen MR) is 92.6 cm³/mol. The molecule has 0 unspecified atom stereocenters. The van der Waals surface area contributed by atoms with Crippen LogP contribution in [0.5, 0.6) is 0 Å². The van der Waals surface area contributed by atoms with Crippen LogP contribution in [0.1, 0.15) is 12.2 Å². The predicted octanol–water partition coefficient (Wildman–Crippen LogP) is 3.67. The molecule has 0 atom stereocenters. The van der Waals surface area contributed by atoms with Gasteiger partial charge in [0.15, 0.2) is 0 Å². The number of furan rings is 1. The molecule has 0 saturated carbocycles. The summed E-state index contributed by atoms with van der Waals surface area (Å²) in [6.45, 7) is 1.19. The van der Waals surface area contributed by atoms with Gasteiger partial charge in [0.25, 0.3) is 5.91 Å². The van der Waals surface area contributed by atoms with Gasteiger partial charge < -0.3 is 9.15 Å². The van der Waals surface area contributed by atoms with E-state index in [9.17, 15) is 4.79 Å². The molecule has 1 saturated heterocycles. The zero-order valence-electron chi connectivity index (χ0n) is 12.1. The average molecular weight is 333 g/mol. The lowest BCUT2D eigenvalue weighted by Gasteiger charge is -2.13. The van der Waals surface area contributed by atoms with Gasteiger partial charge in [-0.3, -0.25) is 9.69 Å². The number of fused-ring (bicyclic) bond motifs is 1. The van der Waals surface area contributed by atoms with Crippen LogP contribution < -0.4 is 0 Å². The Kier molecular flexibility index (Phi) is 4.61. The molecule has 22 heavy (non-hydrogen) atoms. The molecule has 1 fully saturated rings. The lowest BCUT2D eigenvalue weighted by molar-refractivity contribution is -0.122. The molecular formula is C16H15NO3S2. The molecule has 0 N–H and O–H groups in total. The Balaban J connectivity index is 1.79. The second-order valence-electron chi connectivity index (χ2n) is 4.87. The fourth-order valence-electron chi connectivity index (χ4n) is 2.26. The lowest BCUT2D eigenvalue weighted by Crippen LogP contribution is -2.29. The molecule has 6 heteroatoms. The first-order valence-electron chi connectivity index (χ1n) is 6.92. The fraction of sp³-hybridized carbons (Fsp3) is 0.250. The summed E-state index contributed by atoms with van der Waals surface area (Å²) in [6, 6.07) is 9.68. The number of thioether (sulfide) groups is 1. The Morgan fingerprint density at radius 3 is 3.00 bits per heavy atom. The number of thiocarbonyl (C=S) groups is 1. The first-order valence-corrected chi connectivity index (χ1v) is 8.14. The van der Waals surface area contributed by atoms with Gasteiger partial charge in [-0.1, -0.05) is 42.2 Å². The molecule has 1 aliphatic rings. The van der Waals surface area contributed by atoms with Crippen molar-refractivity contribution in [1.82, 2.24) is 4.90 Å². The number of rotatable bonds is 5. The van der Waals surface area contributed by atoms with Gasteiger partial charge in [-0.25, -0.2) is 0 Å². The minimum absolute atomic E-state index is 0.0634. The molecule has 2 heterocycles. The van der Waals surface area contributed by atoms with Gasteiger partial charge in [0.1, 0.15) is 15.7 Å². The molecular weight excluding hydrogens is 318 g/mol. The Bertz CT molecular complexity index is 718. The number of carbonyl (C=O) groups is 1. The molecule has 1 aromatic heterocycles. The van der Waals surface area contributed by atoms with Crippen molar-refractivity contribution in [2.75, 3.05) is 20.3 Å². The smallest absolute Gasteiger partial charge is 0.266 e. The van der Waals surface area contributed by atoms with E-state index in [1.807, 2.05) is 30.3 Å². The van der Waals surface area contributed by atoms with Crippen LogP contribution in [0.2, 0.25) is 0 Å². The van der Waals surface area contributed by atoms with E-state index < -0.39 is 0 Å². The van der Waals surface area contributed by atoms with E-state index in [1.54, 1.807) is 18.1 Å². The summed E-state index contributed by atoms with van der Waals surface area (Å²) in [7, 11) is 1.64. The standard InChI is InChI=1S/C16H15NO3S2/c1-19-8-4-7-17-15(18)14(22-16(17)21)10-12-9-11-5-2-3-6-13(11)20-12/h2-3,5-6,9-10H,4,7-8H2,1H3/b14-10-. The summed E-state index contributed by atoms with van der Waals surface area (Å²) >= 11 is 6.59. The maximum absolute atomic E-state index is 12.4. The molecule has 1 aliphatic heterocycles. The number of ether oxygens (including phenoxy) is 1. The maximum Gasteiger partial charge on any atom is 0.266 e. The van der Waals surface area contributed by atoms with Crippen LogP contribution >= 0.6 is 24.0 Å². The molecule has 0 spiro atoms. The Hall–Kier alpha value is -1.63. The van der Waals surface area contributed by atoms with Gasteiger partial charge in [0.2, 0.25) is 0 Å². The number of methoxy groups -OCH3 is 1. The first kappa shape index (κ1) is 15.3. The van der Waals surface area contributed by atoms with E-state index in [0.717, 1.165) is 17.4 Å². The average Bonchev–Trinajstić information content (AvgIpc) is 3.03. The van der Waals surface area contributed by atoms with Gasteiger partial charge in [-0.2, -0.15) is 0 Å². The van der Waals surface area contributed by atoms with Crippen molar-refractivity contribution in [2.24, 2.45) is 0 Å². The summed E-state index contributed by atoms with van der Waals surface area (Å²) < 4.78 is 11.3. The van der Waals surface area contributed by atoms with Crippen LogP contribution in [-0.4, -0.2) is 35.4 Å². The highest BCUT2D eigenvalue weighted by molar-refractivity contribution is 8.26. The molecule has 4 nitrogen and oxygen atoms in total. The van der Waals surface area contributed by atoms with Crippen molar-refractivity contribution < 1.29 is 13.9 Å². The highest BCUT2D eigenvalue weighted by Gasteiger charge is 2.31. The third kappa shape index (κ3) is 3.09. The normalized spacial score (nSPS) is 17.1. The molecule has 2 aromatic rings. The zero-order chi connectivity index (χ0) is 15.5. The number of benzene rings is 1. The van der Waals surface area contributed by atoms with Crippen molar-refractivity contribution in [2.45, 2.75) is 6.42 Å². The van der Waals surface area contributed by atoms with Crippen LogP contribution in [0.25, 0.3) is 17.0 Å². The summed E-state index contributed by atoms with van der Waals surface area (Å²) in [5.74, 6) is 0.602. The van der Waals surface area contributed by atoms with Crippen molar-refractivity contribution in [3.63, 3.8) is 0 Å². The van der Waals surface area contributed by atoms with Gasteiger partial charge in [-0.15, -0.1) is 0 Å². The molecule has 0 radical (unpaired) electrons. The largest absolute Gasteiger partial charge is 0.457 e. The second kappa shape index (κ2) is 6.64. The first-order chi connectivity index (χ1) is 10.7. The molecule has 3 rings (SSSR count). The van der Waals surface area contributed by atoms with Crippen LogP contribution in [0, 0.1) is 0 Å². The number of hydrogen-bond acceptors (Lipinski definition) is 5. The van der Waals surface area contributed by atoms with Gasteiger partial charge in [-0.05, 0) is 18.6 Å². The third-order valence-corrected chi connectivity index (χ3v) is 4.70. The zero-order valence-corrected chi connectivity index (χ0v) is 13.7. The highest BCUT2D eigenvalue weighted by atomic mass is 32.2. The minimum Gasteiger partial charge on any atom is -0.457 e. The van der Waals surface area contributed by atoms with E-state index >= 15 is 0 Å². The summed E-state index contributed by atoms with van der Waals surface area (Å²) in [5.41, 5.74) is 0.810. The molecule has 0 bridgehead atoms. The van der Waals surface area contributed by atoms with E-state index in [2.05, 4.69) is 0 Å².